The molecule has 2 fully saturated rings. The number of nitrogens with one attached hydrogen (secondary N) is 1. The van der Waals surface area contributed by atoms with Crippen LogP contribution in [0.3, 0.4) is 0 Å². The molecule has 2 aliphatic rings. The van der Waals surface area contributed by atoms with Crippen LogP contribution in [0.4, 0.5) is 5.69 Å². The van der Waals surface area contributed by atoms with Crippen LogP contribution in [-0.4, -0.2) is 6.21 Å². The largest absolute Gasteiger partial charge is 0.279 e. The molecule has 0 aliphatic heterocycles. The van der Waals surface area contributed by atoms with E-state index in [2.05, 4.69) is 10.5 Å². The van der Waals surface area contributed by atoms with Gasteiger partial charge in [-0.1, -0.05) is 31.0 Å². The van der Waals surface area contributed by atoms with Crippen LogP contribution in [0.25, 0.3) is 0 Å². The van der Waals surface area contributed by atoms with Gasteiger partial charge in [0.05, 0.1) is 30.0 Å². The topological polar surface area (TPSA) is 120 Å². The van der Waals surface area contributed by atoms with E-state index in [1.807, 2.05) is 54.6 Å². The van der Waals surface area contributed by atoms with Crippen molar-refractivity contribution in [1.82, 2.24) is 0 Å². The number of hydrogen-bond donors (Lipinski definition) is 1. The first-order valence-electron chi connectivity index (χ1n) is 8.16. The van der Waals surface area contributed by atoms with Gasteiger partial charge in [0.2, 0.25) is 0 Å². The molecule has 1 aromatic carbocycles. The number of fused-ring (bicyclic) bond motifs is 1. The zero-order chi connectivity index (χ0) is 18.0. The summed E-state index contributed by atoms with van der Waals surface area (Å²) in [5.74, 6) is -0.357. The molecule has 122 valence electrons. The number of hydrogen-bond acceptors (Lipinski definition) is 6. The second kappa shape index (κ2) is 5.94. The van der Waals surface area contributed by atoms with Gasteiger partial charge >= 0.3 is 0 Å². The number of anilines is 1. The SMILES string of the molecule is N#CC1(C#N)C2CCCCC2(/C=N/Nc2ccccc2)C1(C#N)C#N. The molecule has 0 aromatic heterocycles. The highest BCUT2D eigenvalue weighted by molar-refractivity contribution is 5.77. The number of benzene rings is 1. The lowest BCUT2D eigenvalue weighted by Crippen LogP contribution is -2.72. The van der Waals surface area contributed by atoms with Crippen LogP contribution in [0.2, 0.25) is 0 Å². The van der Waals surface area contributed by atoms with E-state index in [0.717, 1.165) is 18.5 Å². The molecule has 0 amide bonds. The molecule has 0 radical (unpaired) electrons. The minimum absolute atomic E-state index is 0.357. The maximum Gasteiger partial charge on any atom is 0.186 e. The van der Waals surface area contributed by atoms with Crippen LogP contribution < -0.4 is 5.43 Å². The summed E-state index contributed by atoms with van der Waals surface area (Å²) in [6.45, 7) is 0. The Morgan fingerprint density at radius 2 is 1.68 bits per heavy atom. The van der Waals surface area contributed by atoms with Crippen molar-refractivity contribution in [1.29, 1.82) is 21.0 Å². The van der Waals surface area contributed by atoms with Gasteiger partial charge in [-0.3, -0.25) is 5.43 Å². The van der Waals surface area contributed by atoms with Crippen molar-refractivity contribution in [2.24, 2.45) is 27.3 Å². The van der Waals surface area contributed by atoms with Gasteiger partial charge in [0.25, 0.3) is 0 Å². The fourth-order valence-corrected chi connectivity index (χ4v) is 4.54. The van der Waals surface area contributed by atoms with Gasteiger partial charge in [0.15, 0.2) is 10.8 Å². The Balaban J connectivity index is 2.02. The zero-order valence-corrected chi connectivity index (χ0v) is 13.6. The molecule has 2 atom stereocenters. The maximum atomic E-state index is 9.80. The van der Waals surface area contributed by atoms with Crippen molar-refractivity contribution in [2.75, 3.05) is 5.43 Å². The molecule has 3 rings (SSSR count). The quantitative estimate of drug-likeness (QED) is 0.674. The smallest absolute Gasteiger partial charge is 0.186 e. The minimum Gasteiger partial charge on any atom is -0.279 e. The van der Waals surface area contributed by atoms with Gasteiger partial charge in [-0.15, -0.1) is 0 Å². The van der Waals surface area contributed by atoms with Crippen LogP contribution in [0, 0.1) is 67.5 Å². The van der Waals surface area contributed by atoms with Crippen LogP contribution in [0.1, 0.15) is 25.7 Å². The van der Waals surface area contributed by atoms with E-state index >= 15 is 0 Å². The number of nitrogens with zero attached hydrogens (tertiary/aromatic N) is 5. The van der Waals surface area contributed by atoms with Crippen LogP contribution in [0.5, 0.6) is 0 Å². The molecule has 6 nitrogen and oxygen atoms in total. The Kier molecular flexibility index (Phi) is 3.92. The third-order valence-electron chi connectivity index (χ3n) is 5.72. The predicted molar refractivity (Wildman–Crippen MR) is 90.3 cm³/mol. The van der Waals surface area contributed by atoms with Crippen LogP contribution in [0.15, 0.2) is 35.4 Å². The Labute approximate surface area is 146 Å². The second-order valence-corrected chi connectivity index (χ2v) is 6.58. The highest BCUT2D eigenvalue weighted by Gasteiger charge is 2.82. The fraction of sp³-hybridized carbons (Fsp3) is 0.421. The first-order chi connectivity index (χ1) is 12.2. The molecule has 2 unspecified atom stereocenters. The molecular formula is C19H16N6. The van der Waals surface area contributed by atoms with E-state index in [-0.39, 0.29) is 5.92 Å². The summed E-state index contributed by atoms with van der Waals surface area (Å²) in [5, 5.41) is 43.2. The molecule has 1 N–H and O–H groups in total. The molecule has 2 aliphatic carbocycles. The van der Waals surface area contributed by atoms with Gasteiger partial charge in [-0.2, -0.15) is 26.1 Å². The molecule has 0 spiro atoms. The van der Waals surface area contributed by atoms with E-state index < -0.39 is 16.2 Å². The maximum absolute atomic E-state index is 9.80. The zero-order valence-electron chi connectivity index (χ0n) is 13.6. The predicted octanol–water partition coefficient (Wildman–Crippen LogP) is 3.34. The van der Waals surface area contributed by atoms with Gasteiger partial charge in [-0.05, 0) is 25.0 Å². The molecule has 6 heteroatoms. The molecular weight excluding hydrogens is 312 g/mol. The van der Waals surface area contributed by atoms with Crippen molar-refractivity contribution in [2.45, 2.75) is 25.7 Å². The summed E-state index contributed by atoms with van der Waals surface area (Å²) in [5.41, 5.74) is -0.481. The van der Waals surface area contributed by atoms with Gasteiger partial charge in [0.1, 0.15) is 0 Å². The van der Waals surface area contributed by atoms with E-state index in [0.29, 0.717) is 12.8 Å². The van der Waals surface area contributed by atoms with Gasteiger partial charge in [-0.25, -0.2) is 0 Å². The molecule has 0 saturated heterocycles. The van der Waals surface area contributed by atoms with Crippen molar-refractivity contribution in [3.8, 4) is 24.3 Å². The van der Waals surface area contributed by atoms with Crippen molar-refractivity contribution in [3.63, 3.8) is 0 Å². The molecule has 0 bridgehead atoms. The summed E-state index contributed by atoms with van der Waals surface area (Å²) in [6, 6.07) is 17.4. The molecule has 0 heterocycles. The first-order valence-corrected chi connectivity index (χ1v) is 8.16. The van der Waals surface area contributed by atoms with Crippen molar-refractivity contribution >= 4 is 11.9 Å². The Bertz CT molecular complexity index is 832. The van der Waals surface area contributed by atoms with E-state index in [1.54, 1.807) is 6.21 Å². The van der Waals surface area contributed by atoms with E-state index in [9.17, 15) is 21.0 Å². The Morgan fingerprint density at radius 3 is 2.28 bits per heavy atom. The number of para-hydroxylation sites is 1. The second-order valence-electron chi connectivity index (χ2n) is 6.58. The molecule has 25 heavy (non-hydrogen) atoms. The highest BCUT2D eigenvalue weighted by atomic mass is 15.3. The van der Waals surface area contributed by atoms with Crippen LogP contribution >= 0.6 is 0 Å². The van der Waals surface area contributed by atoms with Gasteiger partial charge in [0, 0.05) is 17.5 Å². The monoisotopic (exact) mass is 328 g/mol. The molecule has 1 aromatic rings. The number of nitriles is 4. The summed E-state index contributed by atoms with van der Waals surface area (Å²) < 4.78 is 0. The number of hydrazone groups is 1. The first kappa shape index (κ1) is 16.5. The minimum atomic E-state index is -1.70. The summed E-state index contributed by atoms with van der Waals surface area (Å²) in [7, 11) is 0. The standard InChI is InChI=1S/C19H16N6/c20-10-18(11-21)16-8-4-5-9-17(16,19(18,12-22)13-23)14-24-25-15-6-2-1-3-7-15/h1-3,6-7,14,16,25H,4-5,8-9H2/b24-14+. The number of rotatable bonds is 3. The lowest BCUT2D eigenvalue weighted by molar-refractivity contribution is -0.127. The lowest BCUT2D eigenvalue weighted by Gasteiger charge is -2.64. The van der Waals surface area contributed by atoms with Crippen molar-refractivity contribution < 1.29 is 0 Å². The van der Waals surface area contributed by atoms with Crippen LogP contribution in [-0.2, 0) is 0 Å². The summed E-state index contributed by atoms with van der Waals surface area (Å²) >= 11 is 0. The normalized spacial score (nSPS) is 28.2. The average Bonchev–Trinajstić information content (AvgIpc) is 2.66. The van der Waals surface area contributed by atoms with E-state index in [4.69, 9.17) is 0 Å². The fourth-order valence-electron chi connectivity index (χ4n) is 4.54. The highest BCUT2D eigenvalue weighted by Crippen LogP contribution is 2.74. The molecule has 2 saturated carbocycles. The van der Waals surface area contributed by atoms with E-state index in [1.165, 1.54) is 0 Å². The lowest BCUT2D eigenvalue weighted by atomic mass is 9.30. The third kappa shape index (κ3) is 1.89. The van der Waals surface area contributed by atoms with Crippen molar-refractivity contribution in [3.05, 3.63) is 30.3 Å². The average molecular weight is 328 g/mol. The summed E-state index contributed by atoms with van der Waals surface area (Å²) in [6.07, 6.45) is 4.53. The Morgan fingerprint density at radius 1 is 1.00 bits per heavy atom. The Hall–Kier alpha value is -3.35. The summed E-state index contributed by atoms with van der Waals surface area (Å²) in [4.78, 5) is 0. The third-order valence-corrected chi connectivity index (χ3v) is 5.72. The van der Waals surface area contributed by atoms with Gasteiger partial charge < -0.3 is 0 Å².